The lowest BCUT2D eigenvalue weighted by Gasteiger charge is -2.22. The van der Waals surface area contributed by atoms with Crippen molar-refractivity contribution >= 4 is 11.8 Å². The summed E-state index contributed by atoms with van der Waals surface area (Å²) >= 11 is 0. The lowest BCUT2D eigenvalue weighted by molar-refractivity contribution is -0.137. The van der Waals surface area contributed by atoms with E-state index in [0.717, 1.165) is 31.5 Å². The number of rotatable bonds is 2. The largest absolute Gasteiger partial charge is 0.444 e. The highest BCUT2D eigenvalue weighted by atomic mass is 19.4. The van der Waals surface area contributed by atoms with E-state index in [1.54, 1.807) is 20.8 Å². The number of carbonyl (C=O) groups excluding carboxylic acids is 1. The Labute approximate surface area is 133 Å². The molecule has 0 saturated carbocycles. The van der Waals surface area contributed by atoms with Gasteiger partial charge in [0.05, 0.1) is 5.56 Å². The van der Waals surface area contributed by atoms with Crippen LogP contribution in [0.3, 0.4) is 0 Å². The molecule has 1 aromatic carbocycles. The fourth-order valence-corrected chi connectivity index (χ4v) is 2.51. The summed E-state index contributed by atoms with van der Waals surface area (Å²) in [5.74, 6) is 0. The number of halogens is 3. The van der Waals surface area contributed by atoms with Gasteiger partial charge in [0.25, 0.3) is 0 Å². The monoisotopic (exact) mass is 330 g/mol. The molecule has 0 bridgehead atoms. The molecular weight excluding hydrogens is 309 g/mol. The zero-order valence-electron chi connectivity index (χ0n) is 13.4. The average Bonchev–Trinajstić information content (AvgIpc) is 2.88. The van der Waals surface area contributed by atoms with Gasteiger partial charge in [0.15, 0.2) is 0 Å². The SMILES string of the molecule is CC(C)(C)OC(=O)Nc1cc(C(F)(F)F)ccc1C1CCCN1. The summed E-state index contributed by atoms with van der Waals surface area (Å²) < 4.78 is 43.9. The molecular formula is C16H21F3N2O2. The fraction of sp³-hybridized carbons (Fsp3) is 0.562. The quantitative estimate of drug-likeness (QED) is 0.841. The van der Waals surface area contributed by atoms with Crippen LogP contribution in [0.2, 0.25) is 0 Å². The summed E-state index contributed by atoms with van der Waals surface area (Å²) in [5.41, 5.74) is -0.752. The minimum absolute atomic E-state index is 0.0674. The minimum atomic E-state index is -4.47. The van der Waals surface area contributed by atoms with Gasteiger partial charge < -0.3 is 10.1 Å². The second-order valence-corrected chi connectivity index (χ2v) is 6.58. The first kappa shape index (κ1) is 17.6. The molecule has 0 spiro atoms. The van der Waals surface area contributed by atoms with Gasteiger partial charge in [-0.25, -0.2) is 4.79 Å². The molecule has 7 heteroatoms. The van der Waals surface area contributed by atoms with Crippen molar-refractivity contribution in [1.82, 2.24) is 5.32 Å². The molecule has 4 nitrogen and oxygen atoms in total. The number of ether oxygens (including phenoxy) is 1. The lowest BCUT2D eigenvalue weighted by Crippen LogP contribution is -2.28. The van der Waals surface area contributed by atoms with Gasteiger partial charge >= 0.3 is 12.3 Å². The fourth-order valence-electron chi connectivity index (χ4n) is 2.51. The number of anilines is 1. The first-order valence-corrected chi connectivity index (χ1v) is 7.51. The van der Waals surface area contributed by atoms with E-state index in [0.29, 0.717) is 5.56 Å². The van der Waals surface area contributed by atoms with Crippen LogP contribution in [0.1, 0.15) is 50.8 Å². The summed E-state index contributed by atoms with van der Waals surface area (Å²) in [4.78, 5) is 11.9. The predicted octanol–water partition coefficient (Wildman–Crippen LogP) is 4.48. The van der Waals surface area contributed by atoms with E-state index in [4.69, 9.17) is 4.74 Å². The van der Waals surface area contributed by atoms with Crippen LogP contribution in [0.4, 0.5) is 23.7 Å². The highest BCUT2D eigenvalue weighted by Crippen LogP contribution is 2.36. The third-order valence-electron chi connectivity index (χ3n) is 3.45. The van der Waals surface area contributed by atoms with Crippen LogP contribution in [0, 0.1) is 0 Å². The van der Waals surface area contributed by atoms with Crippen molar-refractivity contribution in [1.29, 1.82) is 0 Å². The van der Waals surface area contributed by atoms with Crippen LogP contribution in [-0.4, -0.2) is 18.2 Å². The van der Waals surface area contributed by atoms with Gasteiger partial charge in [-0.15, -0.1) is 0 Å². The number of hydrogen-bond donors (Lipinski definition) is 2. The maximum atomic E-state index is 12.9. The van der Waals surface area contributed by atoms with Crippen LogP contribution >= 0.6 is 0 Å². The highest BCUT2D eigenvalue weighted by Gasteiger charge is 2.32. The average molecular weight is 330 g/mol. The van der Waals surface area contributed by atoms with Crippen molar-refractivity contribution in [2.24, 2.45) is 0 Å². The molecule has 23 heavy (non-hydrogen) atoms. The summed E-state index contributed by atoms with van der Waals surface area (Å²) in [6.45, 7) is 5.88. The van der Waals surface area contributed by atoms with Crippen molar-refractivity contribution in [2.45, 2.75) is 51.4 Å². The van der Waals surface area contributed by atoms with Crippen molar-refractivity contribution in [3.8, 4) is 0 Å². The zero-order valence-corrected chi connectivity index (χ0v) is 13.4. The van der Waals surface area contributed by atoms with Crippen LogP contribution in [0.15, 0.2) is 18.2 Å². The summed E-state index contributed by atoms with van der Waals surface area (Å²) in [6.07, 6.45) is -3.48. The van der Waals surface area contributed by atoms with E-state index >= 15 is 0 Å². The Bertz CT molecular complexity index is 574. The summed E-state index contributed by atoms with van der Waals surface area (Å²) in [7, 11) is 0. The van der Waals surface area contributed by atoms with Gasteiger partial charge in [0.1, 0.15) is 5.60 Å². The Morgan fingerprint density at radius 1 is 1.30 bits per heavy atom. The maximum absolute atomic E-state index is 12.9. The normalized spacial score (nSPS) is 18.8. The maximum Gasteiger partial charge on any atom is 0.416 e. The van der Waals surface area contributed by atoms with Crippen LogP contribution in [-0.2, 0) is 10.9 Å². The Kier molecular flexibility index (Phi) is 4.89. The molecule has 1 fully saturated rings. The molecule has 1 aromatic rings. The molecule has 0 radical (unpaired) electrons. The predicted molar refractivity (Wildman–Crippen MR) is 81.3 cm³/mol. The van der Waals surface area contributed by atoms with Gasteiger partial charge in [-0.05, 0) is 57.9 Å². The second-order valence-electron chi connectivity index (χ2n) is 6.58. The summed E-state index contributed by atoms with van der Waals surface area (Å²) in [5, 5.41) is 5.67. The van der Waals surface area contributed by atoms with E-state index in [2.05, 4.69) is 10.6 Å². The Balaban J connectivity index is 2.30. The first-order chi connectivity index (χ1) is 10.6. The van der Waals surface area contributed by atoms with Gasteiger partial charge in [0, 0.05) is 11.7 Å². The Morgan fingerprint density at radius 2 is 2.00 bits per heavy atom. The number of nitrogens with one attached hydrogen (secondary N) is 2. The highest BCUT2D eigenvalue weighted by molar-refractivity contribution is 5.86. The van der Waals surface area contributed by atoms with E-state index in [9.17, 15) is 18.0 Å². The molecule has 1 aliphatic heterocycles. The van der Waals surface area contributed by atoms with Crippen molar-refractivity contribution in [2.75, 3.05) is 11.9 Å². The minimum Gasteiger partial charge on any atom is -0.444 e. The van der Waals surface area contributed by atoms with Gasteiger partial charge in [0.2, 0.25) is 0 Å². The Hall–Kier alpha value is -1.76. The van der Waals surface area contributed by atoms with E-state index in [1.165, 1.54) is 6.07 Å². The smallest absolute Gasteiger partial charge is 0.416 e. The molecule has 0 aromatic heterocycles. The number of carbonyl (C=O) groups is 1. The molecule has 128 valence electrons. The Morgan fingerprint density at radius 3 is 2.52 bits per heavy atom. The molecule has 1 saturated heterocycles. The standard InChI is InChI=1S/C16H21F3N2O2/c1-15(2,3)23-14(22)21-13-9-10(16(17,18)19)6-7-11(13)12-5-4-8-20-12/h6-7,9,12,20H,4-5,8H2,1-3H3,(H,21,22). The second kappa shape index (κ2) is 6.39. The van der Waals surface area contributed by atoms with Crippen LogP contribution in [0.5, 0.6) is 0 Å². The van der Waals surface area contributed by atoms with Crippen molar-refractivity contribution < 1.29 is 22.7 Å². The lowest BCUT2D eigenvalue weighted by atomic mass is 10.0. The number of amides is 1. The zero-order chi connectivity index (χ0) is 17.3. The van der Waals surface area contributed by atoms with Gasteiger partial charge in [-0.2, -0.15) is 13.2 Å². The molecule has 1 amide bonds. The first-order valence-electron chi connectivity index (χ1n) is 7.51. The van der Waals surface area contributed by atoms with Crippen molar-refractivity contribution in [3.05, 3.63) is 29.3 Å². The van der Waals surface area contributed by atoms with E-state index in [1.807, 2.05) is 0 Å². The molecule has 1 atom stereocenters. The third-order valence-corrected chi connectivity index (χ3v) is 3.45. The van der Waals surface area contributed by atoms with Gasteiger partial charge in [-0.3, -0.25) is 5.32 Å². The number of benzene rings is 1. The van der Waals surface area contributed by atoms with Crippen LogP contribution < -0.4 is 10.6 Å². The topological polar surface area (TPSA) is 50.4 Å². The van der Waals surface area contributed by atoms with Crippen molar-refractivity contribution in [3.63, 3.8) is 0 Å². The molecule has 2 N–H and O–H groups in total. The number of alkyl halides is 3. The molecule has 1 heterocycles. The third kappa shape index (κ3) is 4.86. The van der Waals surface area contributed by atoms with Gasteiger partial charge in [-0.1, -0.05) is 6.07 Å². The van der Waals surface area contributed by atoms with Crippen LogP contribution in [0.25, 0.3) is 0 Å². The molecule has 1 unspecified atom stereocenters. The summed E-state index contributed by atoms with van der Waals surface area (Å²) in [6, 6.07) is 3.34. The van der Waals surface area contributed by atoms with E-state index in [-0.39, 0.29) is 11.7 Å². The van der Waals surface area contributed by atoms with E-state index < -0.39 is 23.4 Å². The molecule has 0 aliphatic carbocycles. The molecule has 1 aliphatic rings. The molecule has 2 rings (SSSR count). The number of hydrogen-bond acceptors (Lipinski definition) is 3.